The highest BCUT2D eigenvalue weighted by atomic mass is 16.4. The Hall–Kier alpha value is -8.44. The first kappa shape index (κ1) is 65.1. The minimum Gasteiger partial charge on any atom is -0.481 e. The number of nitrogens with two attached hydrogens (primary N) is 5. The largest absolute Gasteiger partial charge is 0.481 e. The fourth-order valence-corrected chi connectivity index (χ4v) is 9.55. The zero-order chi connectivity index (χ0) is 59.8. The summed E-state index contributed by atoms with van der Waals surface area (Å²) in [5.74, 6) is -8.33. The Labute approximate surface area is 467 Å². The van der Waals surface area contributed by atoms with Gasteiger partial charge in [-0.05, 0) is 62.5 Å². The molecule has 0 saturated carbocycles. The maximum atomic E-state index is 14.1. The van der Waals surface area contributed by atoms with Gasteiger partial charge >= 0.3 is 5.97 Å². The number of aliphatic hydroxyl groups is 2. The maximum absolute atomic E-state index is 14.1. The summed E-state index contributed by atoms with van der Waals surface area (Å²) in [5, 5.41) is 51.2. The minimum absolute atomic E-state index is 0.0291. The molecular formula is C52H77N15O14. The van der Waals surface area contributed by atoms with Crippen molar-refractivity contribution in [3.8, 4) is 0 Å². The number of nitrogens with zero attached hydrogens (tertiary/aromatic N) is 5. The van der Waals surface area contributed by atoms with Crippen molar-refractivity contribution in [1.29, 1.82) is 0 Å². The van der Waals surface area contributed by atoms with Crippen LogP contribution in [0.3, 0.4) is 0 Å². The van der Waals surface area contributed by atoms with Gasteiger partial charge in [-0.2, -0.15) is 0 Å². The van der Waals surface area contributed by atoms with Crippen LogP contribution in [0.15, 0.2) is 70.6 Å². The fourth-order valence-electron chi connectivity index (χ4n) is 9.55. The Morgan fingerprint density at radius 2 is 1.12 bits per heavy atom. The summed E-state index contributed by atoms with van der Waals surface area (Å²) in [4.78, 5) is 143. The molecule has 0 radical (unpaired) electrons. The molecule has 0 unspecified atom stereocenters. The molecule has 29 nitrogen and oxygen atoms in total. The van der Waals surface area contributed by atoms with E-state index in [0.717, 1.165) is 6.92 Å². The molecule has 9 atom stereocenters. The SMILES string of the molecule is CC(=O)O.NC(N)=NCCC[C@H](NC(=O)[C@H](Cc1ccccc1)NC(=O)[C@@H]1CCCN1C(=O)[C@H](CO)NC(=O)[C@H](Cc1ccccc1)NC(=O)CNC(=O)[C@H]1C[C@@H](O)CN1C(=O)[C@@H]1CCCN1C(=O)[C@@H](N)CCCN=C(N)N)C(=O)O. The van der Waals surface area contributed by atoms with E-state index in [0.29, 0.717) is 36.8 Å². The van der Waals surface area contributed by atoms with Gasteiger partial charge < -0.3 is 90.4 Å². The molecule has 444 valence electrons. The molecule has 3 aliphatic rings. The first-order valence-corrected chi connectivity index (χ1v) is 26.6. The van der Waals surface area contributed by atoms with Gasteiger partial charge in [0.15, 0.2) is 11.9 Å². The van der Waals surface area contributed by atoms with Crippen LogP contribution in [0.25, 0.3) is 0 Å². The number of carbonyl (C=O) groups is 10. The molecule has 19 N–H and O–H groups in total. The number of aliphatic hydroxyl groups excluding tert-OH is 2. The molecule has 2 aromatic carbocycles. The Morgan fingerprint density at radius 3 is 1.64 bits per heavy atom. The normalized spacial score (nSPS) is 19.2. The zero-order valence-electron chi connectivity index (χ0n) is 45.2. The minimum atomic E-state index is -1.61. The molecular weight excluding hydrogens is 1060 g/mol. The summed E-state index contributed by atoms with van der Waals surface area (Å²) in [7, 11) is 0. The Morgan fingerprint density at radius 1 is 0.630 bits per heavy atom. The number of carbonyl (C=O) groups excluding carboxylic acids is 8. The molecule has 3 aliphatic heterocycles. The maximum Gasteiger partial charge on any atom is 0.326 e. The third kappa shape index (κ3) is 20.9. The summed E-state index contributed by atoms with van der Waals surface area (Å²) in [5.41, 5.74) is 28.9. The van der Waals surface area contributed by atoms with E-state index in [9.17, 15) is 58.5 Å². The molecule has 81 heavy (non-hydrogen) atoms. The quantitative estimate of drug-likeness (QED) is 0.0226. The van der Waals surface area contributed by atoms with Crippen molar-refractivity contribution in [2.24, 2.45) is 38.7 Å². The van der Waals surface area contributed by atoms with Crippen molar-refractivity contribution < 1.29 is 68.4 Å². The van der Waals surface area contributed by atoms with Crippen molar-refractivity contribution >= 4 is 71.1 Å². The van der Waals surface area contributed by atoms with Crippen LogP contribution in [0, 0.1) is 0 Å². The highest BCUT2D eigenvalue weighted by Gasteiger charge is 2.46. The van der Waals surface area contributed by atoms with Crippen LogP contribution in [0.4, 0.5) is 0 Å². The van der Waals surface area contributed by atoms with Gasteiger partial charge in [-0.1, -0.05) is 60.7 Å². The number of benzene rings is 2. The topological polar surface area (TPSA) is 476 Å². The van der Waals surface area contributed by atoms with Crippen LogP contribution in [-0.2, 0) is 60.8 Å². The number of carboxylic acids is 2. The van der Waals surface area contributed by atoms with Crippen LogP contribution in [0.1, 0.15) is 75.8 Å². The van der Waals surface area contributed by atoms with Crippen LogP contribution in [0.5, 0.6) is 0 Å². The molecule has 8 amide bonds. The molecule has 0 bridgehead atoms. The standard InChI is InChI=1S/C50H73N15O12.C2H4O2/c51-32(15-7-19-56-49(52)53)45(73)64-22-10-18-38(64)47(75)65-27-31(67)25-39(65)43(71)58-26-40(68)59-34(23-29-11-3-1-4-12-29)41(69)62-36(28-66)46(74)63-21-9-17-37(63)44(72)61-35(24-30-13-5-2-6-14-30)42(70)60-33(48(76)77)16-8-20-57-50(54)55;1-2(3)4/h1-6,11-14,31-39,66-67H,7-10,15-28,51H2,(H,58,71)(H,59,68)(H,60,70)(H,61,72)(H,62,69)(H,76,77)(H4,52,53,56)(H4,54,55,57);1H3,(H,3,4)/t31-,32+,33+,34+,35+,36+,37+,38+,39-;/m1./s1. The van der Waals surface area contributed by atoms with Gasteiger partial charge in [-0.15, -0.1) is 0 Å². The van der Waals surface area contributed by atoms with E-state index in [-0.39, 0.29) is 89.6 Å². The summed E-state index contributed by atoms with van der Waals surface area (Å²) >= 11 is 0. The molecule has 5 rings (SSSR count). The van der Waals surface area contributed by atoms with Crippen molar-refractivity contribution in [2.75, 3.05) is 45.9 Å². The monoisotopic (exact) mass is 1140 g/mol. The highest BCUT2D eigenvalue weighted by molar-refractivity contribution is 5.98. The summed E-state index contributed by atoms with van der Waals surface area (Å²) in [6, 6.07) is 7.30. The number of amides is 8. The number of rotatable bonds is 27. The second kappa shape index (κ2) is 32.6. The first-order valence-electron chi connectivity index (χ1n) is 26.6. The summed E-state index contributed by atoms with van der Waals surface area (Å²) < 4.78 is 0. The van der Waals surface area contributed by atoms with Crippen LogP contribution >= 0.6 is 0 Å². The Bertz CT molecular complexity index is 2550. The van der Waals surface area contributed by atoms with Gasteiger partial charge in [0, 0.05) is 58.9 Å². The predicted octanol–water partition coefficient (Wildman–Crippen LogP) is -4.93. The van der Waals surface area contributed by atoms with E-state index in [4.69, 9.17) is 38.6 Å². The number of guanidine groups is 2. The van der Waals surface area contributed by atoms with E-state index in [2.05, 4.69) is 36.6 Å². The van der Waals surface area contributed by atoms with Gasteiger partial charge in [0.05, 0.1) is 25.3 Å². The zero-order valence-corrected chi connectivity index (χ0v) is 45.2. The number of β-amino-alcohol motifs (C(OH)–C–C–N with tert-alkyl or cyclic N) is 1. The molecule has 3 heterocycles. The van der Waals surface area contributed by atoms with Crippen LogP contribution in [-0.4, -0.2) is 207 Å². The number of nitrogens with one attached hydrogen (secondary N) is 5. The third-order valence-corrected chi connectivity index (χ3v) is 13.4. The molecule has 3 fully saturated rings. The van der Waals surface area contributed by atoms with Crippen molar-refractivity contribution in [3.05, 3.63) is 71.8 Å². The number of aliphatic imine (C=N–C) groups is 2. The molecule has 0 spiro atoms. The van der Waals surface area contributed by atoms with E-state index in [1.54, 1.807) is 60.7 Å². The van der Waals surface area contributed by atoms with Crippen molar-refractivity contribution in [2.45, 2.75) is 132 Å². The second-order valence-electron chi connectivity index (χ2n) is 19.7. The Kier molecular flexibility index (Phi) is 26.2. The average Bonchev–Trinajstić information content (AvgIpc) is 4.27. The summed E-state index contributed by atoms with van der Waals surface area (Å²) in [6.07, 6.45) is 0.761. The van der Waals surface area contributed by atoms with Crippen molar-refractivity contribution in [3.63, 3.8) is 0 Å². The average molecular weight is 1140 g/mol. The van der Waals surface area contributed by atoms with Crippen LogP contribution < -0.4 is 55.3 Å². The second-order valence-corrected chi connectivity index (χ2v) is 19.7. The lowest BCUT2D eigenvalue weighted by Gasteiger charge is -2.32. The van der Waals surface area contributed by atoms with Gasteiger partial charge in [0.25, 0.3) is 5.97 Å². The summed E-state index contributed by atoms with van der Waals surface area (Å²) in [6.45, 7) is -0.0464. The molecule has 2 aromatic rings. The number of likely N-dealkylation sites (tertiary alicyclic amines) is 3. The van der Waals surface area contributed by atoms with Crippen molar-refractivity contribution in [1.82, 2.24) is 41.3 Å². The number of aliphatic carboxylic acids is 2. The number of carboxylic acid groups (broad SMARTS) is 2. The third-order valence-electron chi connectivity index (χ3n) is 13.4. The van der Waals surface area contributed by atoms with Crippen LogP contribution in [0.2, 0.25) is 0 Å². The highest BCUT2D eigenvalue weighted by Crippen LogP contribution is 2.26. The number of hydrogen-bond acceptors (Lipinski definition) is 15. The molecule has 29 heteroatoms. The van der Waals surface area contributed by atoms with E-state index in [1.807, 2.05) is 0 Å². The molecule has 0 aromatic heterocycles. The lowest BCUT2D eigenvalue weighted by atomic mass is 10.0. The number of hydrogen-bond donors (Lipinski definition) is 14. The molecule has 0 aliphatic carbocycles. The van der Waals surface area contributed by atoms with E-state index in [1.165, 1.54) is 14.7 Å². The van der Waals surface area contributed by atoms with Gasteiger partial charge in [0.2, 0.25) is 47.3 Å². The fraction of sp³-hybridized carbons (Fsp3) is 0.538. The van der Waals surface area contributed by atoms with E-state index < -0.39 is 127 Å². The van der Waals surface area contributed by atoms with E-state index >= 15 is 0 Å². The van der Waals surface area contributed by atoms with Gasteiger partial charge in [-0.3, -0.25) is 53.1 Å². The van der Waals surface area contributed by atoms with Gasteiger partial charge in [-0.25, -0.2) is 4.79 Å². The predicted molar refractivity (Wildman–Crippen MR) is 292 cm³/mol. The van der Waals surface area contributed by atoms with Gasteiger partial charge in [0.1, 0.15) is 42.3 Å². The molecule has 3 saturated heterocycles. The first-order chi connectivity index (χ1) is 38.5. The lowest BCUT2D eigenvalue weighted by Crippen LogP contribution is -2.60. The lowest BCUT2D eigenvalue weighted by molar-refractivity contribution is -0.147. The Balaban J connectivity index is 0.00000341. The smallest absolute Gasteiger partial charge is 0.326 e.